The lowest BCUT2D eigenvalue weighted by molar-refractivity contribution is 0.101. The molecule has 1 N–H and O–H groups in total. The molecule has 0 rings (SSSR count). The summed E-state index contributed by atoms with van der Waals surface area (Å²) in [4.78, 5) is 0. The molecule has 0 saturated carbocycles. The first-order valence-electron chi connectivity index (χ1n) is 4.84. The van der Waals surface area contributed by atoms with Gasteiger partial charge in [0.2, 0.25) is 0 Å². The van der Waals surface area contributed by atoms with Crippen molar-refractivity contribution in [2.45, 2.75) is 45.7 Å². The fourth-order valence-electron chi connectivity index (χ4n) is 1.06. The van der Waals surface area contributed by atoms with Gasteiger partial charge in [0.25, 0.3) is 0 Å². The van der Waals surface area contributed by atoms with E-state index in [0.717, 1.165) is 6.42 Å². The fraction of sp³-hybridized carbons (Fsp3) is 0.900. The zero-order valence-corrected chi connectivity index (χ0v) is 9.05. The molecule has 0 aliphatic rings. The topological polar surface area (TPSA) is 45.0 Å². The molecule has 2 unspecified atom stereocenters. The predicted molar refractivity (Wildman–Crippen MR) is 53.4 cm³/mol. The van der Waals surface area contributed by atoms with Gasteiger partial charge in [-0.3, -0.25) is 5.32 Å². The van der Waals surface area contributed by atoms with Crippen LogP contribution in [0.15, 0.2) is 0 Å². The Kier molecular flexibility index (Phi) is 5.68. The molecule has 0 spiro atoms. The van der Waals surface area contributed by atoms with Crippen LogP contribution in [0.3, 0.4) is 0 Å². The van der Waals surface area contributed by atoms with Crippen LogP contribution in [0.25, 0.3) is 0 Å². The largest absolute Gasteiger partial charge is 0.379 e. The number of ether oxygens (including phenoxy) is 1. The Hall–Kier alpha value is -0.590. The minimum absolute atomic E-state index is 0.352. The second kappa shape index (κ2) is 5.95. The SMILES string of the molecule is CCOCC(C)(C#N)NC(C)CC. The molecule has 0 aromatic heterocycles. The summed E-state index contributed by atoms with van der Waals surface area (Å²) < 4.78 is 5.25. The van der Waals surface area contributed by atoms with Crippen molar-refractivity contribution < 1.29 is 4.74 Å². The summed E-state index contributed by atoms with van der Waals surface area (Å²) in [5.74, 6) is 0. The third kappa shape index (κ3) is 4.87. The summed E-state index contributed by atoms with van der Waals surface area (Å²) >= 11 is 0. The zero-order chi connectivity index (χ0) is 10.3. The van der Waals surface area contributed by atoms with E-state index in [9.17, 15) is 0 Å². The highest BCUT2D eigenvalue weighted by Crippen LogP contribution is 2.05. The van der Waals surface area contributed by atoms with E-state index in [0.29, 0.717) is 19.3 Å². The lowest BCUT2D eigenvalue weighted by atomic mass is 10.0. The molecule has 2 atom stereocenters. The number of hydrogen-bond donors (Lipinski definition) is 1. The third-order valence-corrected chi connectivity index (χ3v) is 2.02. The Balaban J connectivity index is 4.05. The molecule has 0 amide bonds. The minimum Gasteiger partial charge on any atom is -0.379 e. The van der Waals surface area contributed by atoms with Crippen LogP contribution in [0.1, 0.15) is 34.1 Å². The highest BCUT2D eigenvalue weighted by Gasteiger charge is 2.24. The summed E-state index contributed by atoms with van der Waals surface area (Å²) in [5.41, 5.74) is -0.550. The van der Waals surface area contributed by atoms with Crippen LogP contribution in [0.5, 0.6) is 0 Å². The second-order valence-corrected chi connectivity index (χ2v) is 3.53. The molecular formula is C10H20N2O. The van der Waals surface area contributed by atoms with Gasteiger partial charge in [-0.15, -0.1) is 0 Å². The van der Waals surface area contributed by atoms with Crippen molar-refractivity contribution in [2.75, 3.05) is 13.2 Å². The molecule has 0 bridgehead atoms. The summed E-state index contributed by atoms with van der Waals surface area (Å²) in [7, 11) is 0. The van der Waals surface area contributed by atoms with E-state index in [-0.39, 0.29) is 0 Å². The Morgan fingerprint density at radius 2 is 2.15 bits per heavy atom. The van der Waals surface area contributed by atoms with Crippen LogP contribution in [-0.4, -0.2) is 24.8 Å². The average molecular weight is 184 g/mol. The van der Waals surface area contributed by atoms with Crippen molar-refractivity contribution >= 4 is 0 Å². The number of hydrogen-bond acceptors (Lipinski definition) is 3. The molecule has 13 heavy (non-hydrogen) atoms. The van der Waals surface area contributed by atoms with E-state index in [1.54, 1.807) is 0 Å². The fourth-order valence-corrected chi connectivity index (χ4v) is 1.06. The van der Waals surface area contributed by atoms with Crippen LogP contribution in [0.2, 0.25) is 0 Å². The lowest BCUT2D eigenvalue weighted by Crippen LogP contribution is -2.49. The highest BCUT2D eigenvalue weighted by molar-refractivity contribution is 5.04. The van der Waals surface area contributed by atoms with Crippen molar-refractivity contribution in [2.24, 2.45) is 0 Å². The van der Waals surface area contributed by atoms with Crippen LogP contribution in [0.4, 0.5) is 0 Å². The van der Waals surface area contributed by atoms with E-state index >= 15 is 0 Å². The maximum atomic E-state index is 8.96. The van der Waals surface area contributed by atoms with Crippen molar-refractivity contribution in [3.05, 3.63) is 0 Å². The first kappa shape index (κ1) is 12.4. The monoisotopic (exact) mass is 184 g/mol. The summed E-state index contributed by atoms with van der Waals surface area (Å²) in [6.07, 6.45) is 1.02. The molecule has 0 aliphatic carbocycles. The van der Waals surface area contributed by atoms with Crippen LogP contribution < -0.4 is 5.32 Å². The normalized spacial score (nSPS) is 17.5. The second-order valence-electron chi connectivity index (χ2n) is 3.53. The number of nitrogens with zero attached hydrogens (tertiary/aromatic N) is 1. The van der Waals surface area contributed by atoms with E-state index in [2.05, 4.69) is 25.2 Å². The van der Waals surface area contributed by atoms with Gasteiger partial charge in [-0.25, -0.2) is 0 Å². The Morgan fingerprint density at radius 1 is 1.54 bits per heavy atom. The average Bonchev–Trinajstić information content (AvgIpc) is 2.14. The molecule has 3 heteroatoms. The Morgan fingerprint density at radius 3 is 2.54 bits per heavy atom. The molecule has 0 aromatic carbocycles. The Labute approximate surface area is 81.1 Å². The molecule has 0 aromatic rings. The summed E-state index contributed by atoms with van der Waals surface area (Å²) in [5, 5.41) is 12.2. The van der Waals surface area contributed by atoms with Gasteiger partial charge >= 0.3 is 0 Å². The van der Waals surface area contributed by atoms with Crippen molar-refractivity contribution in [3.63, 3.8) is 0 Å². The molecule has 76 valence electrons. The van der Waals surface area contributed by atoms with Gasteiger partial charge in [-0.1, -0.05) is 6.92 Å². The smallest absolute Gasteiger partial charge is 0.127 e. The summed E-state index contributed by atoms with van der Waals surface area (Å²) in [6, 6.07) is 2.59. The van der Waals surface area contributed by atoms with Crippen molar-refractivity contribution in [1.29, 1.82) is 5.26 Å². The van der Waals surface area contributed by atoms with Gasteiger partial charge in [-0.2, -0.15) is 5.26 Å². The van der Waals surface area contributed by atoms with Crippen LogP contribution in [0, 0.1) is 11.3 Å². The first-order valence-corrected chi connectivity index (χ1v) is 4.84. The third-order valence-electron chi connectivity index (χ3n) is 2.02. The first-order chi connectivity index (χ1) is 6.08. The van der Waals surface area contributed by atoms with Gasteiger partial charge in [0, 0.05) is 12.6 Å². The van der Waals surface area contributed by atoms with Crippen molar-refractivity contribution in [3.8, 4) is 6.07 Å². The highest BCUT2D eigenvalue weighted by atomic mass is 16.5. The molecule has 0 aliphatic heterocycles. The minimum atomic E-state index is -0.550. The lowest BCUT2D eigenvalue weighted by Gasteiger charge is -2.26. The summed E-state index contributed by atoms with van der Waals surface area (Å²) in [6.45, 7) is 9.07. The molecular weight excluding hydrogens is 164 g/mol. The van der Waals surface area contributed by atoms with E-state index in [4.69, 9.17) is 10.00 Å². The predicted octanol–water partition coefficient (Wildman–Crippen LogP) is 1.69. The molecule has 0 heterocycles. The van der Waals surface area contributed by atoms with Crippen molar-refractivity contribution in [1.82, 2.24) is 5.32 Å². The quantitative estimate of drug-likeness (QED) is 0.683. The van der Waals surface area contributed by atoms with E-state index in [1.165, 1.54) is 0 Å². The zero-order valence-electron chi connectivity index (χ0n) is 9.05. The number of rotatable bonds is 6. The van der Waals surface area contributed by atoms with Crippen LogP contribution in [-0.2, 0) is 4.74 Å². The maximum absolute atomic E-state index is 8.96. The van der Waals surface area contributed by atoms with E-state index < -0.39 is 5.54 Å². The van der Waals surface area contributed by atoms with Gasteiger partial charge < -0.3 is 4.74 Å². The number of nitriles is 1. The van der Waals surface area contributed by atoms with Gasteiger partial charge in [-0.05, 0) is 27.2 Å². The molecule has 3 nitrogen and oxygen atoms in total. The standard InChI is InChI=1S/C10H20N2O/c1-5-9(3)12-10(4,7-11)8-13-6-2/h9,12H,5-6,8H2,1-4H3. The van der Waals surface area contributed by atoms with Gasteiger partial charge in [0.15, 0.2) is 0 Å². The van der Waals surface area contributed by atoms with Crippen LogP contribution >= 0.6 is 0 Å². The van der Waals surface area contributed by atoms with Gasteiger partial charge in [0.05, 0.1) is 12.7 Å². The maximum Gasteiger partial charge on any atom is 0.127 e. The van der Waals surface area contributed by atoms with Gasteiger partial charge in [0.1, 0.15) is 5.54 Å². The molecule has 0 radical (unpaired) electrons. The van der Waals surface area contributed by atoms with E-state index in [1.807, 2.05) is 13.8 Å². The molecule has 0 saturated heterocycles. The Bertz CT molecular complexity index is 176. The number of nitrogens with one attached hydrogen (secondary N) is 1. The molecule has 0 fully saturated rings.